The second kappa shape index (κ2) is 37.7. The van der Waals surface area contributed by atoms with E-state index in [4.69, 9.17) is 0 Å². The van der Waals surface area contributed by atoms with Gasteiger partial charge in [0, 0.05) is 6.54 Å². The Morgan fingerprint density at radius 1 is 0.304 bits per heavy atom. The van der Waals surface area contributed by atoms with Crippen LogP contribution < -0.4 is 0 Å². The lowest BCUT2D eigenvalue weighted by atomic mass is 9.89. The normalized spacial score (nSPS) is 12.1. The first-order chi connectivity index (χ1) is 22.5. The minimum absolute atomic E-state index is 0.479. The van der Waals surface area contributed by atoms with Crippen LogP contribution in [0, 0.1) is 0 Å². The average molecular weight is 650 g/mol. The van der Waals surface area contributed by atoms with Crippen molar-refractivity contribution < 1.29 is 5.11 Å². The minimum atomic E-state index is -0.479. The third kappa shape index (κ3) is 36.8. The number of nitrogens with zero attached hydrogens (tertiary/aromatic N) is 1. The summed E-state index contributed by atoms with van der Waals surface area (Å²) >= 11 is 0. The highest BCUT2D eigenvalue weighted by atomic mass is 16.3. The predicted octanol–water partition coefficient (Wildman–Crippen LogP) is 15.1. The molecule has 0 aromatic carbocycles. The van der Waals surface area contributed by atoms with Crippen LogP contribution in [0.4, 0.5) is 0 Å². The maximum atomic E-state index is 11.4. The summed E-state index contributed by atoms with van der Waals surface area (Å²) in [6.07, 6.45) is 52.9. The average Bonchev–Trinajstić information content (AvgIpc) is 3.03. The van der Waals surface area contributed by atoms with E-state index < -0.39 is 5.60 Å². The second-order valence-electron chi connectivity index (χ2n) is 16.0. The summed E-state index contributed by atoms with van der Waals surface area (Å²) in [4.78, 5) is 2.20. The number of hydrogen-bond donors (Lipinski definition) is 1. The SMILES string of the molecule is CCCCCCCCCCCCCCCCCCCCC(O)(CCCCCCCCCCCCCCCCCCCC)CN(C)C. The molecule has 0 atom stereocenters. The molecule has 0 saturated heterocycles. The molecule has 0 radical (unpaired) electrons. The van der Waals surface area contributed by atoms with Gasteiger partial charge in [0.15, 0.2) is 0 Å². The number of aliphatic hydroxyl groups is 1. The Morgan fingerprint density at radius 2 is 0.478 bits per heavy atom. The van der Waals surface area contributed by atoms with E-state index in [1.54, 1.807) is 0 Å². The number of hydrogen-bond acceptors (Lipinski definition) is 2. The molecule has 0 amide bonds. The molecule has 0 unspecified atom stereocenters. The largest absolute Gasteiger partial charge is 0.389 e. The van der Waals surface area contributed by atoms with Crippen molar-refractivity contribution in [3.63, 3.8) is 0 Å². The Balaban J connectivity index is 3.56. The van der Waals surface area contributed by atoms with Crippen LogP contribution in [0.1, 0.15) is 258 Å². The molecule has 0 aliphatic rings. The zero-order valence-electron chi connectivity index (χ0n) is 33.0. The van der Waals surface area contributed by atoms with Gasteiger partial charge >= 0.3 is 0 Å². The summed E-state index contributed by atoms with van der Waals surface area (Å²) in [5.41, 5.74) is -0.479. The molecule has 0 aliphatic heterocycles. The maximum Gasteiger partial charge on any atom is 0.0773 e. The fourth-order valence-corrected chi connectivity index (χ4v) is 7.58. The molecule has 0 aromatic heterocycles. The highest BCUT2D eigenvalue weighted by Gasteiger charge is 2.26. The lowest BCUT2D eigenvalue weighted by Gasteiger charge is -2.31. The molecule has 0 spiro atoms. The van der Waals surface area contributed by atoms with Crippen LogP contribution in [0.15, 0.2) is 0 Å². The number of rotatable bonds is 40. The van der Waals surface area contributed by atoms with Crippen LogP contribution in [0.5, 0.6) is 0 Å². The molecule has 0 fully saturated rings. The molecule has 0 bridgehead atoms. The van der Waals surface area contributed by atoms with E-state index in [-0.39, 0.29) is 0 Å². The van der Waals surface area contributed by atoms with E-state index >= 15 is 0 Å². The van der Waals surface area contributed by atoms with Crippen molar-refractivity contribution in [3.05, 3.63) is 0 Å². The molecule has 0 saturated carbocycles. The Kier molecular flexibility index (Phi) is 37.7. The third-order valence-corrected chi connectivity index (χ3v) is 10.6. The quantitative estimate of drug-likeness (QED) is 0.0668. The van der Waals surface area contributed by atoms with Crippen molar-refractivity contribution in [3.8, 4) is 0 Å². The van der Waals surface area contributed by atoms with Gasteiger partial charge in [0.2, 0.25) is 0 Å². The van der Waals surface area contributed by atoms with Gasteiger partial charge in [-0.15, -0.1) is 0 Å². The molecule has 278 valence electrons. The Hall–Kier alpha value is -0.0800. The van der Waals surface area contributed by atoms with E-state index in [2.05, 4.69) is 32.8 Å². The first-order valence-electron chi connectivity index (χ1n) is 21.9. The van der Waals surface area contributed by atoms with Gasteiger partial charge < -0.3 is 10.0 Å². The van der Waals surface area contributed by atoms with Gasteiger partial charge in [0.05, 0.1) is 5.60 Å². The summed E-state index contributed by atoms with van der Waals surface area (Å²) in [5, 5.41) is 11.4. The monoisotopic (exact) mass is 650 g/mol. The molecule has 0 aromatic rings. The summed E-state index contributed by atoms with van der Waals surface area (Å²) in [5.74, 6) is 0. The summed E-state index contributed by atoms with van der Waals surface area (Å²) in [6.45, 7) is 5.43. The highest BCUT2D eigenvalue weighted by Crippen LogP contribution is 2.25. The topological polar surface area (TPSA) is 23.5 Å². The summed E-state index contributed by atoms with van der Waals surface area (Å²) in [7, 11) is 4.24. The van der Waals surface area contributed by atoms with Gasteiger partial charge in [-0.2, -0.15) is 0 Å². The fraction of sp³-hybridized carbons (Fsp3) is 1.00. The molecule has 1 N–H and O–H groups in total. The second-order valence-corrected chi connectivity index (χ2v) is 16.0. The van der Waals surface area contributed by atoms with Crippen molar-refractivity contribution in [2.75, 3.05) is 20.6 Å². The molecular weight excluding hydrogens is 558 g/mol. The molecule has 2 nitrogen and oxygen atoms in total. The van der Waals surface area contributed by atoms with Gasteiger partial charge in [-0.1, -0.05) is 245 Å². The summed E-state index contributed by atoms with van der Waals surface area (Å²) in [6, 6.07) is 0. The molecule has 0 rings (SSSR count). The van der Waals surface area contributed by atoms with Gasteiger partial charge in [0.1, 0.15) is 0 Å². The molecule has 0 aliphatic carbocycles. The van der Waals surface area contributed by atoms with Crippen molar-refractivity contribution in [1.82, 2.24) is 4.90 Å². The molecule has 46 heavy (non-hydrogen) atoms. The van der Waals surface area contributed by atoms with Crippen LogP contribution in [0.2, 0.25) is 0 Å². The van der Waals surface area contributed by atoms with Gasteiger partial charge in [0.25, 0.3) is 0 Å². The van der Waals surface area contributed by atoms with Crippen LogP contribution >= 0.6 is 0 Å². The lowest BCUT2D eigenvalue weighted by Crippen LogP contribution is -2.40. The van der Waals surface area contributed by atoms with E-state index in [1.807, 2.05) is 0 Å². The predicted molar refractivity (Wildman–Crippen MR) is 210 cm³/mol. The third-order valence-electron chi connectivity index (χ3n) is 10.6. The fourth-order valence-electron chi connectivity index (χ4n) is 7.58. The first kappa shape index (κ1) is 45.9. The maximum absolute atomic E-state index is 11.4. The number of likely N-dealkylation sites (N-methyl/N-ethyl adjacent to an activating group) is 1. The molecular formula is C44H91NO. The van der Waals surface area contributed by atoms with Crippen LogP contribution in [0.3, 0.4) is 0 Å². The Morgan fingerprint density at radius 3 is 0.652 bits per heavy atom. The number of unbranched alkanes of at least 4 members (excludes halogenated alkanes) is 34. The van der Waals surface area contributed by atoms with Crippen molar-refractivity contribution >= 4 is 0 Å². The standard InChI is InChI=1S/C44H91NO/c1-5-7-9-11-13-15-17-19-21-23-25-27-29-31-33-35-37-39-41-44(46,43-45(3)4)42-40-38-36-34-32-30-28-26-24-22-20-18-16-14-12-10-8-6-2/h46H,5-43H2,1-4H3. The van der Waals surface area contributed by atoms with E-state index in [0.29, 0.717) is 0 Å². The van der Waals surface area contributed by atoms with E-state index in [1.165, 1.54) is 231 Å². The van der Waals surface area contributed by atoms with Crippen molar-refractivity contribution in [2.24, 2.45) is 0 Å². The van der Waals surface area contributed by atoms with Crippen molar-refractivity contribution in [1.29, 1.82) is 0 Å². The van der Waals surface area contributed by atoms with E-state index in [9.17, 15) is 5.11 Å². The van der Waals surface area contributed by atoms with Crippen LogP contribution in [-0.4, -0.2) is 36.2 Å². The Bertz CT molecular complexity index is 506. The lowest BCUT2D eigenvalue weighted by molar-refractivity contribution is -0.00413. The zero-order chi connectivity index (χ0) is 33.7. The van der Waals surface area contributed by atoms with Crippen molar-refractivity contribution in [2.45, 2.75) is 263 Å². The first-order valence-corrected chi connectivity index (χ1v) is 21.9. The molecule has 2 heteroatoms. The van der Waals surface area contributed by atoms with Crippen LogP contribution in [-0.2, 0) is 0 Å². The molecule has 0 heterocycles. The zero-order valence-corrected chi connectivity index (χ0v) is 33.0. The minimum Gasteiger partial charge on any atom is -0.389 e. The smallest absolute Gasteiger partial charge is 0.0773 e. The Labute approximate surface area is 293 Å². The highest BCUT2D eigenvalue weighted by molar-refractivity contribution is 4.81. The van der Waals surface area contributed by atoms with Gasteiger partial charge in [-0.3, -0.25) is 0 Å². The van der Waals surface area contributed by atoms with E-state index in [0.717, 1.165) is 19.4 Å². The summed E-state index contributed by atoms with van der Waals surface area (Å²) < 4.78 is 0. The van der Waals surface area contributed by atoms with Gasteiger partial charge in [-0.25, -0.2) is 0 Å². The van der Waals surface area contributed by atoms with Gasteiger partial charge in [-0.05, 0) is 26.9 Å². The van der Waals surface area contributed by atoms with Crippen LogP contribution in [0.25, 0.3) is 0 Å².